The summed E-state index contributed by atoms with van der Waals surface area (Å²) < 4.78 is 0. The van der Waals surface area contributed by atoms with Crippen LogP contribution in [0.25, 0.3) is 0 Å². The van der Waals surface area contributed by atoms with E-state index < -0.39 is 0 Å². The van der Waals surface area contributed by atoms with E-state index in [0.717, 1.165) is 5.75 Å². The third-order valence-electron chi connectivity index (χ3n) is 1.71. The summed E-state index contributed by atoms with van der Waals surface area (Å²) in [6.45, 7) is 1.94. The van der Waals surface area contributed by atoms with Crippen LogP contribution in [0.1, 0.15) is 17.4 Å². The van der Waals surface area contributed by atoms with Crippen LogP contribution in [0.3, 0.4) is 0 Å². The molecule has 0 aliphatic carbocycles. The Labute approximate surface area is 92.8 Å². The highest BCUT2D eigenvalue weighted by molar-refractivity contribution is 7.98. The predicted octanol–water partition coefficient (Wildman–Crippen LogP) is 0.540. The van der Waals surface area contributed by atoms with E-state index >= 15 is 0 Å². The highest BCUT2D eigenvalue weighted by atomic mass is 32.2. The van der Waals surface area contributed by atoms with Crippen molar-refractivity contribution in [1.82, 2.24) is 15.5 Å². The molecule has 0 aliphatic rings. The predicted molar refractivity (Wildman–Crippen MR) is 61.8 cm³/mol. The summed E-state index contributed by atoms with van der Waals surface area (Å²) in [5, 5.41) is 10.1. The Morgan fingerprint density at radius 1 is 1.60 bits per heavy atom. The minimum absolute atomic E-state index is 0.117. The molecule has 1 aromatic heterocycles. The lowest BCUT2D eigenvalue weighted by molar-refractivity contribution is 0.0938. The van der Waals surface area contributed by atoms with Gasteiger partial charge in [0.1, 0.15) is 5.82 Å². The summed E-state index contributed by atoms with van der Waals surface area (Å²) in [6, 6.07) is 3.23. The number of nitrogens with zero attached hydrogens (tertiary/aromatic N) is 2. The largest absolute Gasteiger partial charge is 0.382 e. The molecule has 5 nitrogen and oxygen atoms in total. The van der Waals surface area contributed by atoms with Gasteiger partial charge in [0.05, 0.1) is 0 Å². The van der Waals surface area contributed by atoms with Crippen LogP contribution in [0.4, 0.5) is 5.82 Å². The number of nitrogens with two attached hydrogens (primary N) is 1. The molecule has 1 aromatic rings. The van der Waals surface area contributed by atoms with E-state index in [2.05, 4.69) is 15.5 Å². The smallest absolute Gasteiger partial charge is 0.272 e. The fourth-order valence-electron chi connectivity index (χ4n) is 1.05. The minimum atomic E-state index is -0.218. The molecule has 0 bridgehead atoms. The van der Waals surface area contributed by atoms with Gasteiger partial charge in [-0.25, -0.2) is 0 Å². The summed E-state index contributed by atoms with van der Waals surface area (Å²) in [4.78, 5) is 11.6. The van der Waals surface area contributed by atoms with Crippen LogP contribution in [-0.4, -0.2) is 34.2 Å². The fraction of sp³-hybridized carbons (Fsp3) is 0.444. The quantitative estimate of drug-likeness (QED) is 0.783. The second kappa shape index (κ2) is 5.55. The van der Waals surface area contributed by atoms with Gasteiger partial charge in [0.15, 0.2) is 5.69 Å². The van der Waals surface area contributed by atoms with Gasteiger partial charge >= 0.3 is 0 Å². The molecule has 1 amide bonds. The zero-order chi connectivity index (χ0) is 11.3. The van der Waals surface area contributed by atoms with E-state index in [9.17, 15) is 4.79 Å². The van der Waals surface area contributed by atoms with Crippen LogP contribution in [0.15, 0.2) is 12.1 Å². The Morgan fingerprint density at radius 3 is 2.87 bits per heavy atom. The Hall–Kier alpha value is -1.30. The molecule has 0 aromatic carbocycles. The maximum Gasteiger partial charge on any atom is 0.272 e. The average molecular weight is 226 g/mol. The van der Waals surface area contributed by atoms with Crippen LogP contribution in [0.5, 0.6) is 0 Å². The second-order valence-corrected chi connectivity index (χ2v) is 4.08. The number of hydrogen-bond acceptors (Lipinski definition) is 5. The monoisotopic (exact) mass is 226 g/mol. The number of carbonyl (C=O) groups is 1. The van der Waals surface area contributed by atoms with Gasteiger partial charge in [-0.15, -0.1) is 10.2 Å². The van der Waals surface area contributed by atoms with Gasteiger partial charge < -0.3 is 11.1 Å². The van der Waals surface area contributed by atoms with E-state index in [4.69, 9.17) is 5.73 Å². The third-order valence-corrected chi connectivity index (χ3v) is 2.55. The zero-order valence-electron chi connectivity index (χ0n) is 8.73. The molecule has 0 radical (unpaired) electrons. The molecular formula is C9H14N4OS. The molecule has 0 fully saturated rings. The van der Waals surface area contributed by atoms with E-state index in [-0.39, 0.29) is 17.6 Å². The van der Waals surface area contributed by atoms with Crippen LogP contribution in [0.2, 0.25) is 0 Å². The highest BCUT2D eigenvalue weighted by Crippen LogP contribution is 2.00. The number of rotatable bonds is 4. The molecule has 0 aliphatic heterocycles. The third kappa shape index (κ3) is 3.75. The number of aromatic nitrogens is 2. The Balaban J connectivity index is 2.57. The number of carbonyl (C=O) groups excluding carboxylic acids is 1. The van der Waals surface area contributed by atoms with Crippen LogP contribution < -0.4 is 11.1 Å². The maximum absolute atomic E-state index is 11.6. The first-order valence-electron chi connectivity index (χ1n) is 4.52. The lowest BCUT2D eigenvalue weighted by Gasteiger charge is -2.11. The molecular weight excluding hydrogens is 212 g/mol. The molecule has 0 spiro atoms. The standard InChI is InChI=1S/C9H14N4OS/c1-6(5-15-2)11-9(14)7-3-4-8(10)13-12-7/h3-4,6H,5H2,1-2H3,(H2,10,13)(H,11,14). The van der Waals surface area contributed by atoms with Crippen molar-refractivity contribution in [2.24, 2.45) is 0 Å². The Morgan fingerprint density at radius 2 is 2.33 bits per heavy atom. The molecule has 3 N–H and O–H groups in total. The molecule has 6 heteroatoms. The molecule has 0 saturated heterocycles. The van der Waals surface area contributed by atoms with Crippen molar-refractivity contribution in [1.29, 1.82) is 0 Å². The van der Waals surface area contributed by atoms with E-state index in [1.807, 2.05) is 13.2 Å². The Bertz CT molecular complexity index is 327. The first-order valence-corrected chi connectivity index (χ1v) is 5.92. The molecule has 82 valence electrons. The van der Waals surface area contributed by atoms with Crippen molar-refractivity contribution in [3.05, 3.63) is 17.8 Å². The van der Waals surface area contributed by atoms with Crippen LogP contribution in [0, 0.1) is 0 Å². The topological polar surface area (TPSA) is 80.9 Å². The fourth-order valence-corrected chi connectivity index (χ4v) is 1.64. The van der Waals surface area contributed by atoms with Crippen molar-refractivity contribution in [3.8, 4) is 0 Å². The first kappa shape index (κ1) is 11.8. The molecule has 1 atom stereocenters. The van der Waals surface area contributed by atoms with E-state index in [1.165, 1.54) is 0 Å². The van der Waals surface area contributed by atoms with Gasteiger partial charge in [0.2, 0.25) is 0 Å². The number of hydrogen-bond donors (Lipinski definition) is 2. The second-order valence-electron chi connectivity index (χ2n) is 3.17. The molecule has 15 heavy (non-hydrogen) atoms. The van der Waals surface area contributed by atoms with Crippen molar-refractivity contribution >= 4 is 23.5 Å². The lowest BCUT2D eigenvalue weighted by Crippen LogP contribution is -2.34. The van der Waals surface area contributed by atoms with Gasteiger partial charge in [-0.2, -0.15) is 11.8 Å². The van der Waals surface area contributed by atoms with Gasteiger partial charge in [-0.3, -0.25) is 4.79 Å². The highest BCUT2D eigenvalue weighted by Gasteiger charge is 2.10. The number of nitrogen functional groups attached to an aromatic ring is 1. The van der Waals surface area contributed by atoms with Crippen LogP contribution >= 0.6 is 11.8 Å². The van der Waals surface area contributed by atoms with Crippen LogP contribution in [-0.2, 0) is 0 Å². The molecule has 1 heterocycles. The number of anilines is 1. The number of nitrogens with one attached hydrogen (secondary N) is 1. The van der Waals surface area contributed by atoms with Crippen molar-refractivity contribution in [2.45, 2.75) is 13.0 Å². The SMILES string of the molecule is CSCC(C)NC(=O)c1ccc(N)nn1. The van der Waals surface area contributed by atoms with E-state index in [1.54, 1.807) is 23.9 Å². The first-order chi connectivity index (χ1) is 7.13. The zero-order valence-corrected chi connectivity index (χ0v) is 9.54. The van der Waals surface area contributed by atoms with Gasteiger partial charge in [-0.1, -0.05) is 0 Å². The summed E-state index contributed by atoms with van der Waals surface area (Å²) >= 11 is 1.68. The molecule has 0 saturated carbocycles. The van der Waals surface area contributed by atoms with Gasteiger partial charge in [0.25, 0.3) is 5.91 Å². The molecule has 1 rings (SSSR count). The minimum Gasteiger partial charge on any atom is -0.382 e. The summed E-state index contributed by atoms with van der Waals surface area (Å²) in [6.07, 6.45) is 1.99. The van der Waals surface area contributed by atoms with Gasteiger partial charge in [-0.05, 0) is 25.3 Å². The number of amides is 1. The summed E-state index contributed by atoms with van der Waals surface area (Å²) in [7, 11) is 0. The lowest BCUT2D eigenvalue weighted by atomic mass is 10.3. The number of thioether (sulfide) groups is 1. The summed E-state index contributed by atoms with van der Waals surface area (Å²) in [5.41, 5.74) is 5.66. The Kier molecular flexibility index (Phi) is 4.36. The maximum atomic E-state index is 11.6. The normalized spacial score (nSPS) is 12.1. The van der Waals surface area contributed by atoms with Crippen molar-refractivity contribution in [2.75, 3.05) is 17.7 Å². The average Bonchev–Trinajstić information content (AvgIpc) is 2.18. The van der Waals surface area contributed by atoms with E-state index in [0.29, 0.717) is 5.82 Å². The summed E-state index contributed by atoms with van der Waals surface area (Å²) in [5.74, 6) is 0.960. The van der Waals surface area contributed by atoms with Crippen molar-refractivity contribution in [3.63, 3.8) is 0 Å². The van der Waals surface area contributed by atoms with Crippen molar-refractivity contribution < 1.29 is 4.79 Å². The van der Waals surface area contributed by atoms with Gasteiger partial charge in [0, 0.05) is 11.8 Å². The molecule has 1 unspecified atom stereocenters.